The standard InChI is InChI=1S/C17H26N2O4S2/c20-24(21,18-12-4-2-1-3-5-13-18)16-8-10-17(11-9-16)25(22,23)19-14-6-7-15-19/h8-11H,1-7,12-15H2. The van der Waals surface area contributed by atoms with Crippen LogP contribution in [0.3, 0.4) is 0 Å². The van der Waals surface area contributed by atoms with Crippen LogP contribution in [0.15, 0.2) is 34.1 Å². The predicted octanol–water partition coefficient (Wildman–Crippen LogP) is 2.43. The highest BCUT2D eigenvalue weighted by Crippen LogP contribution is 2.24. The van der Waals surface area contributed by atoms with E-state index in [-0.39, 0.29) is 9.79 Å². The van der Waals surface area contributed by atoms with Crippen molar-refractivity contribution in [2.24, 2.45) is 0 Å². The lowest BCUT2D eigenvalue weighted by Crippen LogP contribution is -2.34. The van der Waals surface area contributed by atoms with E-state index in [9.17, 15) is 16.8 Å². The minimum absolute atomic E-state index is 0.168. The first-order valence-electron chi connectivity index (χ1n) is 9.03. The summed E-state index contributed by atoms with van der Waals surface area (Å²) in [7, 11) is -7.07. The number of benzene rings is 1. The Labute approximate surface area is 150 Å². The maximum absolute atomic E-state index is 12.8. The Bertz CT molecular complexity index is 774. The van der Waals surface area contributed by atoms with E-state index < -0.39 is 20.0 Å². The molecule has 0 unspecified atom stereocenters. The van der Waals surface area contributed by atoms with E-state index in [0.29, 0.717) is 26.2 Å². The smallest absolute Gasteiger partial charge is 0.207 e. The topological polar surface area (TPSA) is 74.8 Å². The molecule has 1 aromatic rings. The van der Waals surface area contributed by atoms with Crippen molar-refractivity contribution >= 4 is 20.0 Å². The second kappa shape index (κ2) is 7.73. The van der Waals surface area contributed by atoms with Crippen LogP contribution in [0, 0.1) is 0 Å². The first-order valence-corrected chi connectivity index (χ1v) is 11.9. The van der Waals surface area contributed by atoms with Crippen LogP contribution < -0.4 is 0 Å². The molecule has 0 atom stereocenters. The molecule has 0 spiro atoms. The molecule has 1 aromatic carbocycles. The van der Waals surface area contributed by atoms with Crippen LogP contribution in [0.4, 0.5) is 0 Å². The lowest BCUT2D eigenvalue weighted by molar-refractivity contribution is 0.364. The quantitative estimate of drug-likeness (QED) is 0.796. The van der Waals surface area contributed by atoms with Gasteiger partial charge in [-0.05, 0) is 49.9 Å². The summed E-state index contributed by atoms with van der Waals surface area (Å²) in [6.07, 6.45) is 6.78. The van der Waals surface area contributed by atoms with Gasteiger partial charge in [-0.25, -0.2) is 16.8 Å². The highest BCUT2D eigenvalue weighted by molar-refractivity contribution is 7.89. The number of hydrogen-bond acceptors (Lipinski definition) is 4. The molecule has 0 aliphatic carbocycles. The summed E-state index contributed by atoms with van der Waals surface area (Å²) in [6.45, 7) is 2.15. The third-order valence-corrected chi connectivity index (χ3v) is 8.81. The Morgan fingerprint density at radius 3 is 1.16 bits per heavy atom. The van der Waals surface area contributed by atoms with Gasteiger partial charge in [0.15, 0.2) is 0 Å². The molecule has 2 heterocycles. The molecule has 2 aliphatic heterocycles. The van der Waals surface area contributed by atoms with E-state index >= 15 is 0 Å². The molecule has 140 valence electrons. The summed E-state index contributed by atoms with van der Waals surface area (Å²) in [5.41, 5.74) is 0. The predicted molar refractivity (Wildman–Crippen MR) is 96.3 cm³/mol. The Morgan fingerprint density at radius 1 is 0.520 bits per heavy atom. The maximum Gasteiger partial charge on any atom is 0.243 e. The molecule has 0 bridgehead atoms. The molecule has 2 aliphatic rings. The van der Waals surface area contributed by atoms with E-state index in [4.69, 9.17) is 0 Å². The number of hydrogen-bond donors (Lipinski definition) is 0. The van der Waals surface area contributed by atoms with Crippen molar-refractivity contribution < 1.29 is 16.8 Å². The van der Waals surface area contributed by atoms with Crippen molar-refractivity contribution in [1.82, 2.24) is 8.61 Å². The van der Waals surface area contributed by atoms with Gasteiger partial charge in [0.1, 0.15) is 0 Å². The number of rotatable bonds is 4. The first kappa shape index (κ1) is 18.8. The average Bonchev–Trinajstić information content (AvgIpc) is 3.09. The second-order valence-electron chi connectivity index (χ2n) is 6.75. The van der Waals surface area contributed by atoms with E-state index in [1.807, 2.05) is 0 Å². The number of nitrogens with zero attached hydrogens (tertiary/aromatic N) is 2. The average molecular weight is 387 g/mol. The maximum atomic E-state index is 12.8. The Morgan fingerprint density at radius 2 is 0.800 bits per heavy atom. The molecule has 6 nitrogen and oxygen atoms in total. The zero-order valence-electron chi connectivity index (χ0n) is 14.4. The van der Waals surface area contributed by atoms with Crippen molar-refractivity contribution in [3.63, 3.8) is 0 Å². The van der Waals surface area contributed by atoms with Gasteiger partial charge in [-0.1, -0.05) is 19.3 Å². The van der Waals surface area contributed by atoms with Gasteiger partial charge in [0.05, 0.1) is 9.79 Å². The summed E-state index contributed by atoms with van der Waals surface area (Å²) in [6, 6.07) is 5.70. The van der Waals surface area contributed by atoms with Crippen molar-refractivity contribution in [2.45, 2.75) is 54.7 Å². The van der Waals surface area contributed by atoms with E-state index in [1.54, 1.807) is 0 Å². The lowest BCUT2D eigenvalue weighted by atomic mass is 10.1. The van der Waals surface area contributed by atoms with Crippen molar-refractivity contribution in [3.8, 4) is 0 Å². The van der Waals surface area contributed by atoms with E-state index in [2.05, 4.69) is 0 Å². The molecule has 0 amide bonds. The largest absolute Gasteiger partial charge is 0.243 e. The molecular formula is C17H26N2O4S2. The van der Waals surface area contributed by atoms with E-state index in [1.165, 1.54) is 32.9 Å². The van der Waals surface area contributed by atoms with Crippen LogP contribution in [0.5, 0.6) is 0 Å². The van der Waals surface area contributed by atoms with Gasteiger partial charge < -0.3 is 0 Å². The Balaban J connectivity index is 1.81. The van der Waals surface area contributed by atoms with Crippen LogP contribution in [-0.4, -0.2) is 51.6 Å². The number of sulfonamides is 2. The molecule has 0 saturated carbocycles. The Hall–Kier alpha value is -0.960. The van der Waals surface area contributed by atoms with Crippen LogP contribution in [0.25, 0.3) is 0 Å². The van der Waals surface area contributed by atoms with Crippen LogP contribution in [0.1, 0.15) is 44.9 Å². The zero-order valence-corrected chi connectivity index (χ0v) is 16.1. The molecule has 0 N–H and O–H groups in total. The molecule has 3 rings (SSSR count). The monoisotopic (exact) mass is 386 g/mol. The third-order valence-electron chi connectivity index (χ3n) is 4.98. The van der Waals surface area contributed by atoms with Gasteiger partial charge in [-0.3, -0.25) is 0 Å². The minimum atomic E-state index is -3.56. The molecule has 25 heavy (non-hydrogen) atoms. The fraction of sp³-hybridized carbons (Fsp3) is 0.647. The van der Waals surface area contributed by atoms with Crippen LogP contribution in [-0.2, 0) is 20.0 Å². The molecule has 2 fully saturated rings. The first-order chi connectivity index (χ1) is 11.9. The Kier molecular flexibility index (Phi) is 5.82. The fourth-order valence-corrected chi connectivity index (χ4v) is 6.50. The molecular weight excluding hydrogens is 360 g/mol. The van der Waals surface area contributed by atoms with Gasteiger partial charge in [-0.2, -0.15) is 8.61 Å². The summed E-state index contributed by atoms with van der Waals surface area (Å²) in [4.78, 5) is 0.342. The second-order valence-corrected chi connectivity index (χ2v) is 10.6. The fourth-order valence-electron chi connectivity index (χ4n) is 3.47. The van der Waals surface area contributed by atoms with Crippen molar-refractivity contribution in [1.29, 1.82) is 0 Å². The molecule has 2 saturated heterocycles. The van der Waals surface area contributed by atoms with Gasteiger partial charge >= 0.3 is 0 Å². The molecule has 0 radical (unpaired) electrons. The molecule has 0 aromatic heterocycles. The van der Waals surface area contributed by atoms with Gasteiger partial charge in [-0.15, -0.1) is 0 Å². The van der Waals surface area contributed by atoms with Gasteiger partial charge in [0, 0.05) is 26.2 Å². The zero-order chi connectivity index (χ0) is 17.9. The summed E-state index contributed by atoms with van der Waals surface area (Å²) < 4.78 is 53.8. The summed E-state index contributed by atoms with van der Waals surface area (Å²) in [5, 5.41) is 0. The summed E-state index contributed by atoms with van der Waals surface area (Å²) >= 11 is 0. The highest BCUT2D eigenvalue weighted by atomic mass is 32.2. The highest BCUT2D eigenvalue weighted by Gasteiger charge is 2.29. The van der Waals surface area contributed by atoms with E-state index in [0.717, 1.165) is 44.9 Å². The van der Waals surface area contributed by atoms with Crippen molar-refractivity contribution in [3.05, 3.63) is 24.3 Å². The van der Waals surface area contributed by atoms with Crippen molar-refractivity contribution in [2.75, 3.05) is 26.2 Å². The van der Waals surface area contributed by atoms with Gasteiger partial charge in [0.25, 0.3) is 0 Å². The van der Waals surface area contributed by atoms with Gasteiger partial charge in [0.2, 0.25) is 20.0 Å². The lowest BCUT2D eigenvalue weighted by Gasteiger charge is -2.24. The van der Waals surface area contributed by atoms with Crippen LogP contribution in [0.2, 0.25) is 0 Å². The van der Waals surface area contributed by atoms with Crippen LogP contribution >= 0.6 is 0 Å². The third kappa shape index (κ3) is 4.07. The SMILES string of the molecule is O=S(=O)(c1ccc(S(=O)(=O)N2CCCC2)cc1)N1CCCCCCC1. The molecule has 8 heteroatoms. The summed E-state index contributed by atoms with van der Waals surface area (Å²) in [5.74, 6) is 0. The minimum Gasteiger partial charge on any atom is -0.207 e. The normalized spacial score (nSPS) is 21.8.